The monoisotopic (exact) mass is 504 g/mol. The molecular weight excluding hydrogens is 476 g/mol. The molecule has 0 saturated carbocycles. The normalized spacial score (nSPS) is 10.7. The van der Waals surface area contributed by atoms with Crippen LogP contribution in [-0.2, 0) is 4.79 Å². The second-order valence-electron chi connectivity index (χ2n) is 8.52. The van der Waals surface area contributed by atoms with Gasteiger partial charge in [-0.3, -0.25) is 14.4 Å². The van der Waals surface area contributed by atoms with Gasteiger partial charge in [0.2, 0.25) is 5.91 Å². The SMILES string of the molecule is CCCOc1ccc(/C=C/C(=O)Nc2ccc(NC(=O)c3ccccc3)c(C(=O)c3ccccc3)c2)cc1. The quantitative estimate of drug-likeness (QED) is 0.188. The molecule has 0 aliphatic heterocycles. The molecule has 0 bridgehead atoms. The van der Waals surface area contributed by atoms with Crippen LogP contribution in [0, 0.1) is 0 Å². The number of ether oxygens (including phenoxy) is 1. The molecule has 38 heavy (non-hydrogen) atoms. The van der Waals surface area contributed by atoms with Gasteiger partial charge in [-0.05, 0) is 60.5 Å². The summed E-state index contributed by atoms with van der Waals surface area (Å²) in [6.07, 6.45) is 4.05. The Hall–Kier alpha value is -4.97. The fourth-order valence-corrected chi connectivity index (χ4v) is 3.70. The molecular formula is C32H28N2O4. The van der Waals surface area contributed by atoms with Gasteiger partial charge in [-0.15, -0.1) is 0 Å². The van der Waals surface area contributed by atoms with Crippen LogP contribution in [0.1, 0.15) is 45.2 Å². The molecule has 0 heterocycles. The molecule has 0 radical (unpaired) electrons. The molecule has 0 atom stereocenters. The van der Waals surface area contributed by atoms with Crippen LogP contribution >= 0.6 is 0 Å². The van der Waals surface area contributed by atoms with Gasteiger partial charge in [0.1, 0.15) is 5.75 Å². The predicted molar refractivity (Wildman–Crippen MR) is 151 cm³/mol. The molecule has 2 amide bonds. The number of ketones is 1. The van der Waals surface area contributed by atoms with Crippen molar-refractivity contribution in [1.82, 2.24) is 0 Å². The van der Waals surface area contributed by atoms with Gasteiger partial charge < -0.3 is 15.4 Å². The highest BCUT2D eigenvalue weighted by atomic mass is 16.5. The molecule has 0 unspecified atom stereocenters. The molecule has 4 aromatic rings. The van der Waals surface area contributed by atoms with Crippen molar-refractivity contribution in [2.24, 2.45) is 0 Å². The first-order valence-corrected chi connectivity index (χ1v) is 12.4. The van der Waals surface area contributed by atoms with Crippen molar-refractivity contribution in [2.75, 3.05) is 17.2 Å². The molecule has 0 aromatic heterocycles. The van der Waals surface area contributed by atoms with Crippen molar-refractivity contribution in [3.8, 4) is 5.75 Å². The highest BCUT2D eigenvalue weighted by molar-refractivity contribution is 6.16. The van der Waals surface area contributed by atoms with E-state index in [1.165, 1.54) is 6.08 Å². The molecule has 6 nitrogen and oxygen atoms in total. The fraction of sp³-hybridized carbons (Fsp3) is 0.0938. The van der Waals surface area contributed by atoms with Crippen LogP contribution in [0.25, 0.3) is 6.08 Å². The highest BCUT2D eigenvalue weighted by Crippen LogP contribution is 2.25. The fourth-order valence-electron chi connectivity index (χ4n) is 3.70. The highest BCUT2D eigenvalue weighted by Gasteiger charge is 2.17. The number of hydrogen-bond acceptors (Lipinski definition) is 4. The van der Waals surface area contributed by atoms with E-state index in [1.54, 1.807) is 72.8 Å². The van der Waals surface area contributed by atoms with Crippen LogP contribution in [-0.4, -0.2) is 24.2 Å². The number of carbonyl (C=O) groups excluding carboxylic acids is 3. The number of carbonyl (C=O) groups is 3. The van der Waals surface area contributed by atoms with Crippen LogP contribution in [0.4, 0.5) is 11.4 Å². The van der Waals surface area contributed by atoms with Crippen LogP contribution in [0.5, 0.6) is 5.75 Å². The largest absolute Gasteiger partial charge is 0.494 e. The lowest BCUT2D eigenvalue weighted by Crippen LogP contribution is -2.16. The molecule has 0 spiro atoms. The number of rotatable bonds is 10. The van der Waals surface area contributed by atoms with E-state index in [0.29, 0.717) is 29.1 Å². The van der Waals surface area contributed by atoms with Gasteiger partial charge in [0.15, 0.2) is 5.78 Å². The van der Waals surface area contributed by atoms with E-state index in [-0.39, 0.29) is 23.2 Å². The average Bonchev–Trinajstić information content (AvgIpc) is 2.96. The summed E-state index contributed by atoms with van der Waals surface area (Å²) in [6.45, 7) is 2.70. The summed E-state index contributed by atoms with van der Waals surface area (Å²) in [4.78, 5) is 38.7. The third-order valence-corrected chi connectivity index (χ3v) is 5.63. The van der Waals surface area contributed by atoms with Crippen molar-refractivity contribution in [3.63, 3.8) is 0 Å². The predicted octanol–water partition coefficient (Wildman–Crippen LogP) is 6.61. The first-order valence-electron chi connectivity index (χ1n) is 12.4. The zero-order valence-corrected chi connectivity index (χ0v) is 21.0. The van der Waals surface area contributed by atoms with E-state index >= 15 is 0 Å². The van der Waals surface area contributed by atoms with Crippen LogP contribution in [0.2, 0.25) is 0 Å². The molecule has 2 N–H and O–H groups in total. The number of amides is 2. The Kier molecular flexibility index (Phi) is 8.81. The Balaban J connectivity index is 1.52. The molecule has 0 aliphatic carbocycles. The van der Waals surface area contributed by atoms with Crippen molar-refractivity contribution in [3.05, 3.63) is 131 Å². The third-order valence-electron chi connectivity index (χ3n) is 5.63. The summed E-state index contributed by atoms with van der Waals surface area (Å²) >= 11 is 0. The maximum Gasteiger partial charge on any atom is 0.255 e. The van der Waals surface area contributed by atoms with Crippen LogP contribution in [0.3, 0.4) is 0 Å². The second-order valence-corrected chi connectivity index (χ2v) is 8.52. The van der Waals surface area contributed by atoms with Gasteiger partial charge in [-0.2, -0.15) is 0 Å². The summed E-state index contributed by atoms with van der Waals surface area (Å²) in [7, 11) is 0. The Morgan fingerprint density at radius 1 is 0.763 bits per heavy atom. The van der Waals surface area contributed by atoms with Crippen molar-refractivity contribution in [2.45, 2.75) is 13.3 Å². The number of anilines is 2. The molecule has 0 fully saturated rings. The summed E-state index contributed by atoms with van der Waals surface area (Å²) in [5, 5.41) is 5.62. The smallest absolute Gasteiger partial charge is 0.255 e. The first-order chi connectivity index (χ1) is 18.5. The van der Waals surface area contributed by atoms with E-state index in [9.17, 15) is 14.4 Å². The minimum atomic E-state index is -0.351. The molecule has 0 aliphatic rings. The minimum Gasteiger partial charge on any atom is -0.494 e. The van der Waals surface area contributed by atoms with Crippen LogP contribution < -0.4 is 15.4 Å². The zero-order valence-electron chi connectivity index (χ0n) is 21.0. The van der Waals surface area contributed by atoms with Crippen LogP contribution in [0.15, 0.2) is 109 Å². The topological polar surface area (TPSA) is 84.5 Å². The minimum absolute atomic E-state index is 0.268. The third kappa shape index (κ3) is 7.04. The lowest BCUT2D eigenvalue weighted by Gasteiger charge is -2.13. The molecule has 6 heteroatoms. The summed E-state index contributed by atoms with van der Waals surface area (Å²) in [6, 6.07) is 29.8. The molecule has 0 saturated heterocycles. The van der Waals surface area contributed by atoms with Gasteiger partial charge in [0, 0.05) is 28.5 Å². The van der Waals surface area contributed by atoms with Gasteiger partial charge >= 0.3 is 0 Å². The van der Waals surface area contributed by atoms with Gasteiger partial charge in [-0.25, -0.2) is 0 Å². The Morgan fingerprint density at radius 3 is 2.08 bits per heavy atom. The first kappa shape index (κ1) is 26.1. The summed E-state index contributed by atoms with van der Waals surface area (Å²) in [5.41, 5.74) is 2.84. The molecule has 4 rings (SSSR count). The van der Waals surface area contributed by atoms with E-state index in [0.717, 1.165) is 17.7 Å². The molecule has 4 aromatic carbocycles. The average molecular weight is 505 g/mol. The van der Waals surface area contributed by atoms with E-state index in [1.807, 2.05) is 43.3 Å². The lowest BCUT2D eigenvalue weighted by molar-refractivity contribution is -0.111. The molecule has 190 valence electrons. The standard InChI is InChI=1S/C32H28N2O4/c1-2-21-38-27-17-13-23(14-18-27)15-20-30(35)33-26-16-19-29(34-32(37)25-11-7-4-8-12-25)28(22-26)31(36)24-9-5-3-6-10-24/h3-20,22H,2,21H2,1H3,(H,33,35)(H,34,37)/b20-15+. The summed E-state index contributed by atoms with van der Waals surface area (Å²) in [5.74, 6) is -0.177. The van der Waals surface area contributed by atoms with Gasteiger partial charge in [0.25, 0.3) is 5.91 Å². The van der Waals surface area contributed by atoms with Crippen molar-refractivity contribution < 1.29 is 19.1 Å². The van der Waals surface area contributed by atoms with E-state index in [2.05, 4.69) is 10.6 Å². The maximum absolute atomic E-state index is 13.3. The number of benzene rings is 4. The van der Waals surface area contributed by atoms with E-state index < -0.39 is 0 Å². The maximum atomic E-state index is 13.3. The Bertz CT molecular complexity index is 1430. The van der Waals surface area contributed by atoms with E-state index in [4.69, 9.17) is 4.74 Å². The Morgan fingerprint density at radius 2 is 1.42 bits per heavy atom. The van der Waals surface area contributed by atoms with Crippen molar-refractivity contribution >= 4 is 35.0 Å². The van der Waals surface area contributed by atoms with Gasteiger partial charge in [-0.1, -0.05) is 67.6 Å². The number of hydrogen-bond donors (Lipinski definition) is 2. The number of nitrogens with one attached hydrogen (secondary N) is 2. The Labute approximate surface area is 222 Å². The summed E-state index contributed by atoms with van der Waals surface area (Å²) < 4.78 is 5.58. The lowest BCUT2D eigenvalue weighted by atomic mass is 10.0. The second kappa shape index (κ2) is 12.8. The van der Waals surface area contributed by atoms with Crippen molar-refractivity contribution in [1.29, 1.82) is 0 Å². The zero-order chi connectivity index (χ0) is 26.7. The van der Waals surface area contributed by atoms with Gasteiger partial charge in [0.05, 0.1) is 12.3 Å².